The van der Waals surface area contributed by atoms with Gasteiger partial charge in [-0.05, 0) is 19.8 Å². The highest BCUT2D eigenvalue weighted by Crippen LogP contribution is 2.26. The Morgan fingerprint density at radius 3 is 1.83 bits per heavy atom. The van der Waals surface area contributed by atoms with Gasteiger partial charge in [-0.3, -0.25) is 14.9 Å². The van der Waals surface area contributed by atoms with Gasteiger partial charge >= 0.3 is 12.0 Å². The number of amides is 3. The maximum absolute atomic E-state index is 11.3. The first-order chi connectivity index (χ1) is 8.10. The van der Waals surface area contributed by atoms with E-state index in [1.807, 2.05) is 19.2 Å². The van der Waals surface area contributed by atoms with E-state index < -0.39 is 22.4 Å². The molecule has 0 heterocycles. The molecular formula is C10H20BrN3O4. The molecule has 8 heteroatoms. The Hall–Kier alpha value is -1.15. The summed E-state index contributed by atoms with van der Waals surface area (Å²) < 4.78 is -0.665. The molecule has 0 bridgehead atoms. The second kappa shape index (κ2) is 8.87. The Morgan fingerprint density at radius 1 is 1.33 bits per heavy atom. The maximum atomic E-state index is 11.3. The zero-order valence-electron chi connectivity index (χ0n) is 10.7. The minimum atomic E-state index is -0.963. The van der Waals surface area contributed by atoms with Gasteiger partial charge in [0.2, 0.25) is 5.91 Å². The molecule has 0 aliphatic rings. The van der Waals surface area contributed by atoms with Crippen molar-refractivity contribution in [2.24, 2.45) is 11.5 Å². The SMILES string of the molecule is CCC(Br)(CC)C(=O)NC(N)=O.C[C@H](N)C(=O)O. The molecule has 0 aromatic carbocycles. The summed E-state index contributed by atoms with van der Waals surface area (Å²) in [6, 6.07) is -1.55. The molecule has 106 valence electrons. The van der Waals surface area contributed by atoms with E-state index in [4.69, 9.17) is 16.6 Å². The lowest BCUT2D eigenvalue weighted by Crippen LogP contribution is -2.46. The lowest BCUT2D eigenvalue weighted by atomic mass is 10.0. The van der Waals surface area contributed by atoms with Crippen LogP contribution in [0.5, 0.6) is 0 Å². The predicted molar refractivity (Wildman–Crippen MR) is 71.3 cm³/mol. The number of imide groups is 1. The first-order valence-electron chi connectivity index (χ1n) is 5.38. The molecule has 0 aliphatic heterocycles. The van der Waals surface area contributed by atoms with Gasteiger partial charge in [0.15, 0.2) is 0 Å². The third-order valence-corrected chi connectivity index (χ3v) is 3.64. The first-order valence-corrected chi connectivity index (χ1v) is 6.18. The van der Waals surface area contributed by atoms with Crippen LogP contribution in [0.25, 0.3) is 0 Å². The molecule has 0 saturated carbocycles. The summed E-state index contributed by atoms with van der Waals surface area (Å²) >= 11 is 3.26. The number of carboxylic acid groups (broad SMARTS) is 1. The number of urea groups is 1. The number of carboxylic acids is 1. The van der Waals surface area contributed by atoms with Gasteiger partial charge in [0.1, 0.15) is 10.4 Å². The van der Waals surface area contributed by atoms with Gasteiger partial charge in [0, 0.05) is 0 Å². The van der Waals surface area contributed by atoms with E-state index in [9.17, 15) is 14.4 Å². The maximum Gasteiger partial charge on any atom is 0.320 e. The Labute approximate surface area is 114 Å². The van der Waals surface area contributed by atoms with Gasteiger partial charge in [-0.1, -0.05) is 29.8 Å². The van der Waals surface area contributed by atoms with Gasteiger partial charge in [-0.2, -0.15) is 0 Å². The number of carbonyl (C=O) groups is 3. The molecule has 0 aromatic rings. The van der Waals surface area contributed by atoms with Crippen LogP contribution in [0.4, 0.5) is 4.79 Å². The number of nitrogens with one attached hydrogen (secondary N) is 1. The molecule has 18 heavy (non-hydrogen) atoms. The van der Waals surface area contributed by atoms with E-state index in [2.05, 4.69) is 15.9 Å². The number of carbonyl (C=O) groups excluding carboxylic acids is 2. The van der Waals surface area contributed by atoms with Crippen LogP contribution in [0, 0.1) is 0 Å². The average Bonchev–Trinajstić information content (AvgIpc) is 2.27. The number of hydrogen-bond acceptors (Lipinski definition) is 4. The molecule has 0 unspecified atom stereocenters. The summed E-state index contributed by atoms with van der Waals surface area (Å²) in [5, 5.41) is 9.90. The summed E-state index contributed by atoms with van der Waals surface area (Å²) in [5.41, 5.74) is 9.64. The number of primary amides is 1. The predicted octanol–water partition coefficient (Wildman–Crippen LogP) is 0.553. The second-order valence-electron chi connectivity index (χ2n) is 3.62. The second-order valence-corrected chi connectivity index (χ2v) is 5.14. The Kier molecular flexibility index (Phi) is 9.46. The van der Waals surface area contributed by atoms with Gasteiger partial charge in [0.25, 0.3) is 0 Å². The molecule has 0 aromatic heterocycles. The first kappa shape index (κ1) is 19.2. The molecule has 1 atom stereocenters. The summed E-state index contributed by atoms with van der Waals surface area (Å²) in [6.45, 7) is 5.14. The van der Waals surface area contributed by atoms with Crippen molar-refractivity contribution < 1.29 is 19.5 Å². The van der Waals surface area contributed by atoms with E-state index in [0.29, 0.717) is 12.8 Å². The van der Waals surface area contributed by atoms with Gasteiger partial charge in [-0.15, -0.1) is 0 Å². The minimum absolute atomic E-state index is 0.375. The monoisotopic (exact) mass is 325 g/mol. The van der Waals surface area contributed by atoms with E-state index in [1.54, 1.807) is 0 Å². The topological polar surface area (TPSA) is 136 Å². The van der Waals surface area contributed by atoms with Gasteiger partial charge < -0.3 is 16.6 Å². The van der Waals surface area contributed by atoms with Crippen molar-refractivity contribution in [3.63, 3.8) is 0 Å². The quantitative estimate of drug-likeness (QED) is 0.560. The van der Waals surface area contributed by atoms with Crippen molar-refractivity contribution in [1.82, 2.24) is 5.32 Å². The average molecular weight is 326 g/mol. The van der Waals surface area contributed by atoms with Crippen molar-refractivity contribution in [3.8, 4) is 0 Å². The highest BCUT2D eigenvalue weighted by molar-refractivity contribution is 9.10. The molecule has 0 fully saturated rings. The fourth-order valence-corrected chi connectivity index (χ4v) is 0.894. The van der Waals surface area contributed by atoms with Crippen molar-refractivity contribution in [3.05, 3.63) is 0 Å². The highest BCUT2D eigenvalue weighted by atomic mass is 79.9. The van der Waals surface area contributed by atoms with Crippen LogP contribution >= 0.6 is 15.9 Å². The molecular weight excluding hydrogens is 306 g/mol. The van der Waals surface area contributed by atoms with Crippen LogP contribution < -0.4 is 16.8 Å². The van der Waals surface area contributed by atoms with E-state index >= 15 is 0 Å². The largest absolute Gasteiger partial charge is 0.480 e. The highest BCUT2D eigenvalue weighted by Gasteiger charge is 2.32. The Balaban J connectivity index is 0. The lowest BCUT2D eigenvalue weighted by molar-refractivity contribution is -0.138. The van der Waals surface area contributed by atoms with Crippen molar-refractivity contribution in [2.45, 2.75) is 44.0 Å². The number of rotatable bonds is 4. The summed E-state index contributed by atoms with van der Waals surface area (Å²) in [5.74, 6) is -1.34. The number of aliphatic carboxylic acids is 1. The van der Waals surface area contributed by atoms with Gasteiger partial charge in [0.05, 0.1) is 0 Å². The lowest BCUT2D eigenvalue weighted by Gasteiger charge is -2.21. The third kappa shape index (κ3) is 8.02. The molecule has 0 rings (SSSR count). The minimum Gasteiger partial charge on any atom is -0.480 e. The summed E-state index contributed by atoms with van der Waals surface area (Å²) in [7, 11) is 0. The fourth-order valence-electron chi connectivity index (χ4n) is 0.795. The number of hydrogen-bond donors (Lipinski definition) is 4. The molecule has 0 spiro atoms. The molecule has 3 amide bonds. The zero-order chi connectivity index (χ0) is 14.9. The summed E-state index contributed by atoms with van der Waals surface area (Å²) in [6.07, 6.45) is 1.23. The van der Waals surface area contributed by atoms with E-state index in [-0.39, 0.29) is 5.91 Å². The number of alkyl halides is 1. The fraction of sp³-hybridized carbons (Fsp3) is 0.700. The number of nitrogens with two attached hydrogens (primary N) is 2. The Morgan fingerprint density at radius 2 is 1.67 bits per heavy atom. The molecule has 0 radical (unpaired) electrons. The van der Waals surface area contributed by atoms with Crippen LogP contribution in [-0.4, -0.2) is 33.4 Å². The van der Waals surface area contributed by atoms with Crippen molar-refractivity contribution in [2.75, 3.05) is 0 Å². The zero-order valence-corrected chi connectivity index (χ0v) is 12.3. The van der Waals surface area contributed by atoms with Crippen LogP contribution in [0.2, 0.25) is 0 Å². The van der Waals surface area contributed by atoms with Gasteiger partial charge in [-0.25, -0.2) is 4.79 Å². The molecule has 7 nitrogen and oxygen atoms in total. The van der Waals surface area contributed by atoms with Crippen molar-refractivity contribution in [1.29, 1.82) is 0 Å². The van der Waals surface area contributed by atoms with Crippen LogP contribution in [0.3, 0.4) is 0 Å². The molecule has 0 aliphatic carbocycles. The Bertz CT molecular complexity index is 303. The number of halogens is 1. The third-order valence-electron chi connectivity index (χ3n) is 2.15. The molecule has 0 saturated heterocycles. The van der Waals surface area contributed by atoms with Crippen LogP contribution in [0.15, 0.2) is 0 Å². The van der Waals surface area contributed by atoms with Crippen LogP contribution in [0.1, 0.15) is 33.6 Å². The molecule has 6 N–H and O–H groups in total. The van der Waals surface area contributed by atoms with Crippen LogP contribution in [-0.2, 0) is 9.59 Å². The standard InChI is InChI=1S/C7H13BrN2O2.C3H7NO2/c1-3-7(8,4-2)5(11)10-6(9)12;1-2(4)3(5)6/h3-4H2,1-2H3,(H3,9,10,11,12);2H,4H2,1H3,(H,5,6)/t;2-/m.0/s1. The smallest absolute Gasteiger partial charge is 0.320 e. The van der Waals surface area contributed by atoms with E-state index in [1.165, 1.54) is 6.92 Å². The van der Waals surface area contributed by atoms with E-state index in [0.717, 1.165) is 0 Å². The summed E-state index contributed by atoms with van der Waals surface area (Å²) in [4.78, 5) is 31.2. The van der Waals surface area contributed by atoms with Crippen molar-refractivity contribution >= 4 is 33.8 Å². The normalized spacial score (nSPS) is 11.8.